The van der Waals surface area contributed by atoms with E-state index in [-0.39, 0.29) is 24.2 Å². The van der Waals surface area contributed by atoms with E-state index in [1.54, 1.807) is 20.4 Å². The normalized spacial score (nSPS) is 20.0. The van der Waals surface area contributed by atoms with Crippen molar-refractivity contribution < 1.29 is 4.79 Å². The standard InChI is InChI=1S/C7H14N4O.ClH/c1-8-11(2)7(12)6-3-9-5-10-4-6;/h5-6,8H,3-4H2,1-2H3,(H,9,10);1H. The Bertz CT molecular complexity index is 197. The molecular weight excluding hydrogens is 192 g/mol. The Kier molecular flexibility index (Phi) is 5.41. The van der Waals surface area contributed by atoms with E-state index in [0.29, 0.717) is 13.1 Å². The van der Waals surface area contributed by atoms with Gasteiger partial charge >= 0.3 is 0 Å². The van der Waals surface area contributed by atoms with Gasteiger partial charge in [-0.3, -0.25) is 14.8 Å². The summed E-state index contributed by atoms with van der Waals surface area (Å²) < 4.78 is 0. The summed E-state index contributed by atoms with van der Waals surface area (Å²) in [5.41, 5.74) is 2.77. The van der Waals surface area contributed by atoms with Crippen LogP contribution in [0.1, 0.15) is 0 Å². The molecule has 0 saturated carbocycles. The van der Waals surface area contributed by atoms with E-state index in [9.17, 15) is 4.79 Å². The summed E-state index contributed by atoms with van der Waals surface area (Å²) in [6, 6.07) is 0. The van der Waals surface area contributed by atoms with Gasteiger partial charge in [0, 0.05) is 20.6 Å². The average molecular weight is 207 g/mol. The molecule has 0 bridgehead atoms. The second-order valence-corrected chi connectivity index (χ2v) is 2.72. The van der Waals surface area contributed by atoms with E-state index < -0.39 is 0 Å². The van der Waals surface area contributed by atoms with Crippen LogP contribution in [0.2, 0.25) is 0 Å². The highest BCUT2D eigenvalue weighted by Gasteiger charge is 2.21. The van der Waals surface area contributed by atoms with E-state index in [1.807, 2.05) is 0 Å². The Balaban J connectivity index is 0.00000144. The van der Waals surface area contributed by atoms with Crippen molar-refractivity contribution >= 4 is 24.7 Å². The molecular formula is C7H15ClN4O. The zero-order valence-corrected chi connectivity index (χ0v) is 8.60. The summed E-state index contributed by atoms with van der Waals surface area (Å²) in [6.45, 7) is 1.26. The number of hydrogen-bond donors (Lipinski definition) is 2. The van der Waals surface area contributed by atoms with Crippen LogP contribution in [0.3, 0.4) is 0 Å². The summed E-state index contributed by atoms with van der Waals surface area (Å²) in [7, 11) is 3.43. The van der Waals surface area contributed by atoms with Crippen LogP contribution in [0.15, 0.2) is 4.99 Å². The molecule has 13 heavy (non-hydrogen) atoms. The number of aliphatic imine (C=N–C) groups is 1. The first-order valence-corrected chi connectivity index (χ1v) is 3.92. The first kappa shape index (κ1) is 12.2. The van der Waals surface area contributed by atoms with Gasteiger partial charge in [0.05, 0.1) is 18.8 Å². The summed E-state index contributed by atoms with van der Waals surface area (Å²) in [5.74, 6) is 0.0364. The number of hydrogen-bond acceptors (Lipinski definition) is 4. The highest BCUT2D eigenvalue weighted by molar-refractivity contribution is 5.85. The molecule has 1 amide bonds. The molecule has 0 aromatic rings. The molecule has 0 radical (unpaired) electrons. The van der Waals surface area contributed by atoms with Gasteiger partial charge in [-0.2, -0.15) is 0 Å². The van der Waals surface area contributed by atoms with Crippen LogP contribution in [0, 0.1) is 5.92 Å². The SMILES string of the molecule is CNN(C)C(=O)C1CN=CNC1.Cl. The van der Waals surface area contributed by atoms with Crippen molar-refractivity contribution in [1.29, 1.82) is 0 Å². The molecule has 0 aromatic heterocycles. The quantitative estimate of drug-likeness (QED) is 0.585. The fourth-order valence-electron chi connectivity index (χ4n) is 1.05. The minimum Gasteiger partial charge on any atom is -0.376 e. The first-order valence-electron chi connectivity index (χ1n) is 3.92. The Morgan fingerprint density at radius 1 is 1.77 bits per heavy atom. The fourth-order valence-corrected chi connectivity index (χ4v) is 1.05. The second-order valence-electron chi connectivity index (χ2n) is 2.72. The number of amides is 1. The number of carbonyl (C=O) groups is 1. The summed E-state index contributed by atoms with van der Waals surface area (Å²) in [6.07, 6.45) is 1.64. The molecule has 1 rings (SSSR count). The van der Waals surface area contributed by atoms with Gasteiger partial charge in [-0.15, -0.1) is 12.4 Å². The highest BCUT2D eigenvalue weighted by Crippen LogP contribution is 2.01. The molecule has 1 atom stereocenters. The lowest BCUT2D eigenvalue weighted by Crippen LogP contribution is -2.46. The minimum absolute atomic E-state index is 0. The van der Waals surface area contributed by atoms with Crippen molar-refractivity contribution in [2.75, 3.05) is 27.2 Å². The van der Waals surface area contributed by atoms with Crippen LogP contribution in [0.25, 0.3) is 0 Å². The smallest absolute Gasteiger partial charge is 0.243 e. The van der Waals surface area contributed by atoms with Crippen molar-refractivity contribution in [3.8, 4) is 0 Å². The van der Waals surface area contributed by atoms with E-state index in [1.165, 1.54) is 5.01 Å². The molecule has 1 aliphatic rings. The Morgan fingerprint density at radius 3 is 2.92 bits per heavy atom. The number of halogens is 1. The zero-order chi connectivity index (χ0) is 8.97. The van der Waals surface area contributed by atoms with Crippen molar-refractivity contribution in [1.82, 2.24) is 15.8 Å². The Morgan fingerprint density at radius 2 is 2.46 bits per heavy atom. The van der Waals surface area contributed by atoms with Gasteiger partial charge in [0.25, 0.3) is 0 Å². The predicted octanol–water partition coefficient (Wildman–Crippen LogP) is -0.751. The third-order valence-electron chi connectivity index (χ3n) is 1.89. The van der Waals surface area contributed by atoms with Gasteiger partial charge < -0.3 is 5.32 Å². The van der Waals surface area contributed by atoms with Gasteiger partial charge in [0.1, 0.15) is 0 Å². The second kappa shape index (κ2) is 5.77. The summed E-state index contributed by atoms with van der Waals surface area (Å²) >= 11 is 0. The number of nitrogens with one attached hydrogen (secondary N) is 2. The monoisotopic (exact) mass is 206 g/mol. The fraction of sp³-hybridized carbons (Fsp3) is 0.714. The maximum absolute atomic E-state index is 11.5. The minimum atomic E-state index is -0.0348. The van der Waals surface area contributed by atoms with Gasteiger partial charge in [0.2, 0.25) is 5.91 Å². The molecule has 6 heteroatoms. The van der Waals surface area contributed by atoms with E-state index in [0.717, 1.165) is 0 Å². The lowest BCUT2D eigenvalue weighted by atomic mass is 10.1. The largest absolute Gasteiger partial charge is 0.376 e. The molecule has 0 aliphatic carbocycles. The van der Waals surface area contributed by atoms with Gasteiger partial charge in [-0.05, 0) is 0 Å². The van der Waals surface area contributed by atoms with Gasteiger partial charge in [0.15, 0.2) is 0 Å². The van der Waals surface area contributed by atoms with Crippen LogP contribution >= 0.6 is 12.4 Å². The van der Waals surface area contributed by atoms with Crippen molar-refractivity contribution in [3.63, 3.8) is 0 Å². The summed E-state index contributed by atoms with van der Waals surface area (Å²) in [5, 5.41) is 4.41. The molecule has 0 spiro atoms. The third kappa shape index (κ3) is 3.20. The molecule has 0 saturated heterocycles. The number of carbonyl (C=O) groups excluding carboxylic acids is 1. The zero-order valence-electron chi connectivity index (χ0n) is 7.78. The predicted molar refractivity (Wildman–Crippen MR) is 53.9 cm³/mol. The lowest BCUT2D eigenvalue weighted by molar-refractivity contribution is -0.136. The maximum atomic E-state index is 11.5. The van der Waals surface area contributed by atoms with Crippen LogP contribution < -0.4 is 10.7 Å². The van der Waals surface area contributed by atoms with E-state index in [4.69, 9.17) is 0 Å². The van der Waals surface area contributed by atoms with Crippen molar-refractivity contribution in [2.45, 2.75) is 0 Å². The van der Waals surface area contributed by atoms with Crippen molar-refractivity contribution in [2.24, 2.45) is 10.9 Å². The molecule has 76 valence electrons. The molecule has 1 heterocycles. The molecule has 0 fully saturated rings. The number of hydrazine groups is 1. The van der Waals surface area contributed by atoms with Crippen molar-refractivity contribution in [3.05, 3.63) is 0 Å². The molecule has 1 aliphatic heterocycles. The Labute approximate surface area is 84.0 Å². The molecule has 5 nitrogen and oxygen atoms in total. The van der Waals surface area contributed by atoms with Crippen LogP contribution in [-0.4, -0.2) is 44.4 Å². The summed E-state index contributed by atoms with van der Waals surface area (Å²) in [4.78, 5) is 15.5. The number of nitrogens with zero attached hydrogens (tertiary/aromatic N) is 2. The van der Waals surface area contributed by atoms with Crippen LogP contribution in [0.4, 0.5) is 0 Å². The van der Waals surface area contributed by atoms with Gasteiger partial charge in [-0.25, -0.2) is 5.43 Å². The lowest BCUT2D eigenvalue weighted by Gasteiger charge is -2.23. The van der Waals surface area contributed by atoms with Crippen LogP contribution in [-0.2, 0) is 4.79 Å². The maximum Gasteiger partial charge on any atom is 0.243 e. The third-order valence-corrected chi connectivity index (χ3v) is 1.89. The molecule has 0 aromatic carbocycles. The van der Waals surface area contributed by atoms with Crippen LogP contribution in [0.5, 0.6) is 0 Å². The number of rotatable bonds is 2. The molecule has 1 unspecified atom stereocenters. The molecule has 2 N–H and O–H groups in total. The highest BCUT2D eigenvalue weighted by atomic mass is 35.5. The van der Waals surface area contributed by atoms with E-state index >= 15 is 0 Å². The topological polar surface area (TPSA) is 56.7 Å². The van der Waals surface area contributed by atoms with E-state index in [2.05, 4.69) is 15.7 Å². The first-order chi connectivity index (χ1) is 5.75. The Hall–Kier alpha value is -0.810. The average Bonchev–Trinajstić information content (AvgIpc) is 2.17. The van der Waals surface area contributed by atoms with Gasteiger partial charge in [-0.1, -0.05) is 0 Å².